The summed E-state index contributed by atoms with van der Waals surface area (Å²) in [4.78, 5) is 8.04. The van der Waals surface area contributed by atoms with Crippen LogP contribution >= 0.6 is 0 Å². The number of aromatic nitrogens is 2. The van der Waals surface area contributed by atoms with E-state index in [-0.39, 0.29) is 0 Å². The van der Waals surface area contributed by atoms with Gasteiger partial charge in [0, 0.05) is 12.4 Å². The fraction of sp³-hybridized carbons (Fsp3) is 0.167. The molecule has 0 aliphatic rings. The molecule has 2 aromatic rings. The molecule has 0 radical (unpaired) electrons. The molecule has 3 N–H and O–H groups in total. The zero-order valence-corrected chi connectivity index (χ0v) is 9.72. The molecular formula is C12H11F3N4. The number of nitrogens with one attached hydrogen (secondary N) is 1. The van der Waals surface area contributed by atoms with Crippen LogP contribution < -0.4 is 11.3 Å². The Labute approximate surface area is 107 Å². The number of hydrazine groups is 1. The molecule has 4 nitrogen and oxygen atoms in total. The van der Waals surface area contributed by atoms with Crippen molar-refractivity contribution < 1.29 is 13.2 Å². The van der Waals surface area contributed by atoms with Crippen molar-refractivity contribution in [3.8, 4) is 0 Å². The van der Waals surface area contributed by atoms with Gasteiger partial charge < -0.3 is 0 Å². The van der Waals surface area contributed by atoms with Gasteiger partial charge in [-0.05, 0) is 23.8 Å². The van der Waals surface area contributed by atoms with Crippen molar-refractivity contribution in [2.45, 2.75) is 12.2 Å². The lowest BCUT2D eigenvalue weighted by atomic mass is 10.0. The molecule has 0 saturated heterocycles. The zero-order valence-electron chi connectivity index (χ0n) is 9.72. The van der Waals surface area contributed by atoms with Gasteiger partial charge in [-0.15, -0.1) is 0 Å². The highest BCUT2D eigenvalue weighted by Crippen LogP contribution is 2.30. The van der Waals surface area contributed by atoms with Crippen LogP contribution in [-0.4, -0.2) is 9.97 Å². The van der Waals surface area contributed by atoms with Gasteiger partial charge in [0.25, 0.3) is 0 Å². The molecule has 2 rings (SSSR count). The van der Waals surface area contributed by atoms with E-state index in [0.717, 1.165) is 12.1 Å². The van der Waals surface area contributed by atoms with Gasteiger partial charge in [0.05, 0.1) is 5.56 Å². The molecule has 1 unspecified atom stereocenters. The van der Waals surface area contributed by atoms with Crippen molar-refractivity contribution in [2.24, 2.45) is 5.84 Å². The van der Waals surface area contributed by atoms with Gasteiger partial charge in [-0.25, -0.2) is 15.4 Å². The number of hydrogen-bond donors (Lipinski definition) is 2. The zero-order chi connectivity index (χ0) is 13.9. The highest BCUT2D eigenvalue weighted by molar-refractivity contribution is 5.29. The number of hydrogen-bond acceptors (Lipinski definition) is 4. The first-order valence-electron chi connectivity index (χ1n) is 5.42. The van der Waals surface area contributed by atoms with E-state index in [2.05, 4.69) is 15.4 Å². The van der Waals surface area contributed by atoms with Gasteiger partial charge in [-0.3, -0.25) is 5.84 Å². The van der Waals surface area contributed by atoms with Gasteiger partial charge in [0.2, 0.25) is 0 Å². The molecule has 1 atom stereocenters. The number of rotatable bonds is 3. The lowest BCUT2D eigenvalue weighted by Crippen LogP contribution is -2.30. The Morgan fingerprint density at radius 3 is 2.11 bits per heavy atom. The molecule has 1 aromatic heterocycles. The summed E-state index contributed by atoms with van der Waals surface area (Å²) in [5, 5.41) is 0. The quantitative estimate of drug-likeness (QED) is 0.660. The Hall–Kier alpha value is -1.99. The Morgan fingerprint density at radius 2 is 1.63 bits per heavy atom. The Morgan fingerprint density at radius 1 is 1.05 bits per heavy atom. The van der Waals surface area contributed by atoms with Crippen molar-refractivity contribution in [3.05, 3.63) is 59.7 Å². The van der Waals surface area contributed by atoms with Crippen LogP contribution in [0.4, 0.5) is 13.2 Å². The lowest BCUT2D eigenvalue weighted by molar-refractivity contribution is -0.137. The van der Waals surface area contributed by atoms with E-state index < -0.39 is 17.8 Å². The van der Waals surface area contributed by atoms with Crippen molar-refractivity contribution in [3.63, 3.8) is 0 Å². The molecular weight excluding hydrogens is 257 g/mol. The largest absolute Gasteiger partial charge is 0.416 e. The van der Waals surface area contributed by atoms with E-state index in [1.807, 2.05) is 0 Å². The molecule has 0 bridgehead atoms. The third-order valence-electron chi connectivity index (χ3n) is 2.58. The normalized spacial score (nSPS) is 13.3. The summed E-state index contributed by atoms with van der Waals surface area (Å²) in [5.41, 5.74) is 2.34. The molecule has 1 heterocycles. The van der Waals surface area contributed by atoms with Gasteiger partial charge in [0.15, 0.2) is 5.82 Å². The topological polar surface area (TPSA) is 63.8 Å². The first kappa shape index (κ1) is 13.4. The van der Waals surface area contributed by atoms with Crippen LogP contribution in [0.5, 0.6) is 0 Å². The van der Waals surface area contributed by atoms with Crippen molar-refractivity contribution in [1.82, 2.24) is 15.4 Å². The first-order chi connectivity index (χ1) is 9.02. The molecule has 1 aromatic carbocycles. The van der Waals surface area contributed by atoms with E-state index in [1.165, 1.54) is 24.5 Å². The molecule has 0 fully saturated rings. The van der Waals surface area contributed by atoms with E-state index in [9.17, 15) is 13.2 Å². The fourth-order valence-electron chi connectivity index (χ4n) is 1.64. The number of halogens is 3. The van der Waals surface area contributed by atoms with Crippen LogP contribution in [0.15, 0.2) is 42.7 Å². The smallest absolute Gasteiger partial charge is 0.270 e. The van der Waals surface area contributed by atoms with Crippen LogP contribution in [0.3, 0.4) is 0 Å². The molecule has 0 spiro atoms. The van der Waals surface area contributed by atoms with E-state index in [0.29, 0.717) is 11.4 Å². The average Bonchev–Trinajstić information content (AvgIpc) is 2.40. The van der Waals surface area contributed by atoms with Crippen molar-refractivity contribution >= 4 is 0 Å². The molecule has 0 saturated carbocycles. The Bertz CT molecular complexity index is 525. The van der Waals surface area contributed by atoms with Crippen LogP contribution in [0.2, 0.25) is 0 Å². The van der Waals surface area contributed by atoms with Crippen LogP contribution in [0.1, 0.15) is 23.0 Å². The summed E-state index contributed by atoms with van der Waals surface area (Å²) in [5.74, 6) is 5.80. The van der Waals surface area contributed by atoms with Gasteiger partial charge >= 0.3 is 6.18 Å². The summed E-state index contributed by atoms with van der Waals surface area (Å²) < 4.78 is 37.4. The lowest BCUT2D eigenvalue weighted by Gasteiger charge is -2.15. The van der Waals surface area contributed by atoms with Crippen LogP contribution in [0, 0.1) is 0 Å². The molecule has 0 aliphatic carbocycles. The standard InChI is InChI=1S/C12H11F3N4/c13-12(14,15)9-4-2-8(3-5-9)10(19-16)11-17-6-1-7-18-11/h1-7,10,19H,16H2. The molecule has 0 aliphatic heterocycles. The fourth-order valence-corrected chi connectivity index (χ4v) is 1.64. The molecule has 7 heteroatoms. The maximum absolute atomic E-state index is 12.5. The third-order valence-corrected chi connectivity index (χ3v) is 2.58. The highest BCUT2D eigenvalue weighted by Gasteiger charge is 2.30. The second kappa shape index (κ2) is 5.33. The van der Waals surface area contributed by atoms with Crippen LogP contribution in [0.25, 0.3) is 0 Å². The molecule has 19 heavy (non-hydrogen) atoms. The first-order valence-corrected chi connectivity index (χ1v) is 5.42. The van der Waals surface area contributed by atoms with E-state index in [4.69, 9.17) is 5.84 Å². The van der Waals surface area contributed by atoms with Gasteiger partial charge in [-0.2, -0.15) is 13.2 Å². The summed E-state index contributed by atoms with van der Waals surface area (Å²) in [6.45, 7) is 0. The molecule has 0 amide bonds. The second-order valence-electron chi connectivity index (χ2n) is 3.83. The number of alkyl halides is 3. The van der Waals surface area contributed by atoms with Crippen molar-refractivity contribution in [2.75, 3.05) is 0 Å². The SMILES string of the molecule is NNC(c1ccc(C(F)(F)F)cc1)c1ncccn1. The highest BCUT2D eigenvalue weighted by atomic mass is 19.4. The van der Waals surface area contributed by atoms with Crippen molar-refractivity contribution in [1.29, 1.82) is 0 Å². The Kier molecular flexibility index (Phi) is 3.77. The summed E-state index contributed by atoms with van der Waals surface area (Å²) in [6.07, 6.45) is -1.28. The number of nitrogens with two attached hydrogens (primary N) is 1. The summed E-state index contributed by atoms with van der Waals surface area (Å²) >= 11 is 0. The minimum absolute atomic E-state index is 0.393. The van der Waals surface area contributed by atoms with E-state index >= 15 is 0 Å². The number of benzene rings is 1. The predicted molar refractivity (Wildman–Crippen MR) is 62.6 cm³/mol. The monoisotopic (exact) mass is 268 g/mol. The summed E-state index contributed by atoms with van der Waals surface area (Å²) in [6, 6.07) is 5.80. The summed E-state index contributed by atoms with van der Waals surface area (Å²) in [7, 11) is 0. The third kappa shape index (κ3) is 3.07. The number of nitrogens with zero attached hydrogens (tertiary/aromatic N) is 2. The average molecular weight is 268 g/mol. The van der Waals surface area contributed by atoms with Crippen LogP contribution in [-0.2, 0) is 6.18 Å². The maximum Gasteiger partial charge on any atom is 0.416 e. The van der Waals surface area contributed by atoms with Gasteiger partial charge in [0.1, 0.15) is 6.04 Å². The minimum atomic E-state index is -4.35. The Balaban J connectivity index is 2.30. The second-order valence-corrected chi connectivity index (χ2v) is 3.83. The maximum atomic E-state index is 12.5. The van der Waals surface area contributed by atoms with Gasteiger partial charge in [-0.1, -0.05) is 12.1 Å². The molecule has 100 valence electrons. The predicted octanol–water partition coefficient (Wildman–Crippen LogP) is 2.05. The minimum Gasteiger partial charge on any atom is -0.270 e. The van der Waals surface area contributed by atoms with E-state index in [1.54, 1.807) is 6.07 Å².